The van der Waals surface area contributed by atoms with Crippen LogP contribution >= 0.6 is 67.8 Å². The molecule has 0 atom stereocenters. The molecule has 0 bridgehead atoms. The van der Waals surface area contributed by atoms with E-state index in [4.69, 9.17) is 0 Å². The lowest BCUT2D eigenvalue weighted by Crippen LogP contribution is -2.02. The number of hydrogen-bond acceptors (Lipinski definition) is 3. The topological polar surface area (TPSA) is 43.6 Å². The van der Waals surface area contributed by atoms with Crippen molar-refractivity contribution in [2.24, 2.45) is 0 Å². The third-order valence-electron chi connectivity index (χ3n) is 0.877. The predicted octanol–water partition coefficient (Wildman–Crippen LogP) is 2.15. The second kappa shape index (κ2) is 4.89. The van der Waals surface area contributed by atoms with Crippen molar-refractivity contribution < 1.29 is 0 Å². The molecule has 0 aliphatic carbocycles. The lowest BCUT2D eigenvalue weighted by atomic mass is 10.7. The number of halogens is 3. The second-order valence-corrected chi connectivity index (χ2v) is 7.16. The Bertz CT molecular complexity index is 250. The van der Waals surface area contributed by atoms with Crippen LogP contribution in [0.15, 0.2) is 11.5 Å². The predicted molar refractivity (Wildman–Crippen MR) is 66.9 cm³/mol. The summed E-state index contributed by atoms with van der Waals surface area (Å²) in [7, 11) is 0. The second-order valence-electron chi connectivity index (χ2n) is 1.63. The smallest absolute Gasteiger partial charge is 0.159 e. The van der Waals surface area contributed by atoms with Crippen LogP contribution in [0, 0.1) is 0 Å². The minimum Gasteiger partial charge on any atom is -0.159 e. The maximum absolute atomic E-state index is 3.89. The molecule has 0 fully saturated rings. The molecule has 11 heavy (non-hydrogen) atoms. The van der Waals surface area contributed by atoms with E-state index in [2.05, 4.69) is 83.2 Å². The van der Waals surface area contributed by atoms with Crippen molar-refractivity contribution in [3.8, 4) is 0 Å². The summed E-state index contributed by atoms with van der Waals surface area (Å²) in [5, 5.41) is 11.2. The van der Waals surface area contributed by atoms with Gasteiger partial charge in [-0.3, -0.25) is 0 Å². The van der Waals surface area contributed by atoms with Crippen LogP contribution in [0.2, 0.25) is 0 Å². The molecular formula is C4H3I3N4. The van der Waals surface area contributed by atoms with Crippen LogP contribution < -0.4 is 0 Å². The molecule has 0 radical (unpaired) electrons. The van der Waals surface area contributed by atoms with Crippen molar-refractivity contribution >= 4 is 67.8 Å². The van der Waals surface area contributed by atoms with E-state index < -0.39 is 0 Å². The fourth-order valence-electron chi connectivity index (χ4n) is 0.445. The van der Waals surface area contributed by atoms with E-state index in [0.29, 0.717) is 6.54 Å². The largest absolute Gasteiger partial charge is 0.162 e. The number of rotatable bonds is 2. The van der Waals surface area contributed by atoms with Gasteiger partial charge in [-0.15, -0.1) is 10.2 Å². The van der Waals surface area contributed by atoms with E-state index in [9.17, 15) is 0 Å². The summed E-state index contributed by atoms with van der Waals surface area (Å²) in [5.41, 5.74) is 0. The summed E-state index contributed by atoms with van der Waals surface area (Å²) in [6, 6.07) is 0. The van der Waals surface area contributed by atoms with E-state index in [1.165, 1.54) is 11.5 Å². The van der Waals surface area contributed by atoms with Crippen molar-refractivity contribution in [2.45, 2.75) is 6.54 Å². The van der Waals surface area contributed by atoms with Gasteiger partial charge in [0.05, 0.1) is 8.13 Å². The molecule has 1 heterocycles. The average Bonchev–Trinajstić information content (AvgIpc) is 2.39. The molecular weight excluding hydrogens is 485 g/mol. The number of allylic oxidation sites excluding steroid dienone is 1. The molecule has 0 amide bonds. The van der Waals surface area contributed by atoms with Gasteiger partial charge < -0.3 is 0 Å². The van der Waals surface area contributed by atoms with Crippen LogP contribution in [0.25, 0.3) is 0 Å². The standard InChI is InChI=1S/C4H3I3N4/c5-3(4(6)7)1-11-9-2-8-10-11/h2H,1H2. The van der Waals surface area contributed by atoms with Gasteiger partial charge in [0.1, 0.15) is 0 Å². The molecule has 1 aromatic rings. The molecule has 0 aliphatic rings. The Labute approximate surface area is 105 Å². The Balaban J connectivity index is 2.65. The van der Waals surface area contributed by atoms with E-state index in [1.54, 1.807) is 4.80 Å². The summed E-state index contributed by atoms with van der Waals surface area (Å²) in [6.07, 6.45) is 1.43. The van der Waals surface area contributed by atoms with Crippen molar-refractivity contribution in [3.05, 3.63) is 11.5 Å². The fraction of sp³-hybridized carbons (Fsp3) is 0.250. The molecule has 1 aromatic heterocycles. The van der Waals surface area contributed by atoms with Gasteiger partial charge in [-0.05, 0) is 73.0 Å². The van der Waals surface area contributed by atoms with Gasteiger partial charge >= 0.3 is 0 Å². The summed E-state index contributed by atoms with van der Waals surface area (Å²) in [4.78, 5) is 1.55. The minimum absolute atomic E-state index is 0.710. The monoisotopic (exact) mass is 488 g/mol. The maximum Gasteiger partial charge on any atom is 0.162 e. The first-order valence-electron chi connectivity index (χ1n) is 2.60. The summed E-state index contributed by atoms with van der Waals surface area (Å²) in [6.45, 7) is 0.710. The molecule has 7 heteroatoms. The summed E-state index contributed by atoms with van der Waals surface area (Å²) in [5.74, 6) is 0. The van der Waals surface area contributed by atoms with Crippen LogP contribution in [-0.4, -0.2) is 20.2 Å². The van der Waals surface area contributed by atoms with Crippen molar-refractivity contribution in [1.29, 1.82) is 0 Å². The maximum atomic E-state index is 3.89. The Morgan fingerprint density at radius 1 is 1.36 bits per heavy atom. The minimum atomic E-state index is 0.710. The van der Waals surface area contributed by atoms with Crippen molar-refractivity contribution in [1.82, 2.24) is 20.2 Å². The van der Waals surface area contributed by atoms with E-state index >= 15 is 0 Å². The Morgan fingerprint density at radius 2 is 2.09 bits per heavy atom. The Kier molecular flexibility index (Phi) is 4.48. The number of aromatic nitrogens is 4. The zero-order valence-electron chi connectivity index (χ0n) is 5.21. The SMILES string of the molecule is IC(I)=C(I)Cn1ncnn1. The van der Waals surface area contributed by atoms with Gasteiger partial charge in [0.25, 0.3) is 0 Å². The van der Waals surface area contributed by atoms with Gasteiger partial charge in [-0.2, -0.15) is 4.80 Å². The first-order chi connectivity index (χ1) is 5.20. The molecule has 60 valence electrons. The van der Waals surface area contributed by atoms with Crippen LogP contribution in [-0.2, 0) is 6.54 Å². The van der Waals surface area contributed by atoms with Crippen LogP contribution in [0.5, 0.6) is 0 Å². The molecule has 1 rings (SSSR count). The van der Waals surface area contributed by atoms with Gasteiger partial charge in [0.2, 0.25) is 0 Å². The highest BCUT2D eigenvalue weighted by Crippen LogP contribution is 2.25. The molecule has 0 N–H and O–H groups in total. The highest BCUT2D eigenvalue weighted by molar-refractivity contribution is 14.2. The number of hydrogen-bond donors (Lipinski definition) is 0. The summed E-state index contributed by atoms with van der Waals surface area (Å²) >= 11 is 6.79. The van der Waals surface area contributed by atoms with Crippen LogP contribution in [0.3, 0.4) is 0 Å². The van der Waals surface area contributed by atoms with Gasteiger partial charge in [-0.25, -0.2) is 0 Å². The van der Waals surface area contributed by atoms with E-state index in [1.807, 2.05) is 0 Å². The fourth-order valence-corrected chi connectivity index (χ4v) is 1.09. The zero-order chi connectivity index (χ0) is 8.27. The first kappa shape index (κ1) is 10.1. The molecule has 4 nitrogen and oxygen atoms in total. The highest BCUT2D eigenvalue weighted by atomic mass is 127. The zero-order valence-corrected chi connectivity index (χ0v) is 11.7. The average molecular weight is 488 g/mol. The molecule has 0 saturated heterocycles. The number of nitrogens with zero attached hydrogens (tertiary/aromatic N) is 4. The lowest BCUT2D eigenvalue weighted by Gasteiger charge is -1.96. The van der Waals surface area contributed by atoms with Crippen molar-refractivity contribution in [2.75, 3.05) is 0 Å². The first-order valence-corrected chi connectivity index (χ1v) is 5.84. The normalized spacial score (nSPS) is 9.73. The van der Waals surface area contributed by atoms with Gasteiger partial charge in [-0.1, -0.05) is 0 Å². The van der Waals surface area contributed by atoms with E-state index in [-0.39, 0.29) is 0 Å². The third kappa shape index (κ3) is 3.48. The van der Waals surface area contributed by atoms with Crippen molar-refractivity contribution in [3.63, 3.8) is 0 Å². The van der Waals surface area contributed by atoms with Gasteiger partial charge in [0.15, 0.2) is 6.33 Å². The summed E-state index contributed by atoms with van der Waals surface area (Å²) < 4.78 is 2.46. The Hall–Kier alpha value is 1.00. The van der Waals surface area contributed by atoms with Crippen LogP contribution in [0.1, 0.15) is 0 Å². The van der Waals surface area contributed by atoms with E-state index in [0.717, 1.165) is 0 Å². The Morgan fingerprint density at radius 3 is 2.55 bits per heavy atom. The molecule has 0 spiro atoms. The lowest BCUT2D eigenvalue weighted by molar-refractivity contribution is 0.581. The molecule has 0 saturated carbocycles. The molecule has 0 aliphatic heterocycles. The third-order valence-corrected chi connectivity index (χ3v) is 5.12. The molecule has 0 unspecified atom stereocenters. The highest BCUT2D eigenvalue weighted by Gasteiger charge is 1.99. The van der Waals surface area contributed by atoms with Crippen LogP contribution in [0.4, 0.5) is 0 Å². The number of tetrazole rings is 1. The quantitative estimate of drug-likeness (QED) is 0.601. The molecule has 0 aromatic carbocycles. The van der Waals surface area contributed by atoms with Gasteiger partial charge in [0, 0.05) is 3.58 Å².